The number of fused-ring (bicyclic) bond motifs is 13. The summed E-state index contributed by atoms with van der Waals surface area (Å²) >= 11 is 0. The average Bonchev–Trinajstić information content (AvgIpc) is 4.04. The van der Waals surface area contributed by atoms with Gasteiger partial charge in [0.2, 0.25) is 0 Å². The maximum atomic E-state index is 2.49. The molecule has 0 aliphatic heterocycles. The third kappa shape index (κ3) is 5.95. The second-order valence-corrected chi connectivity index (χ2v) is 18.4. The van der Waals surface area contributed by atoms with E-state index in [9.17, 15) is 0 Å². The quantitative estimate of drug-likeness (QED) is 0.151. The van der Waals surface area contributed by atoms with E-state index in [4.69, 9.17) is 0 Å². The monoisotopic (exact) mass is 891 g/mol. The maximum absolute atomic E-state index is 2.49. The fraction of sp³-hybridized carbons (Fsp3) is 0.0149. The van der Waals surface area contributed by atoms with Crippen LogP contribution in [0.15, 0.2) is 273 Å². The Morgan fingerprint density at radius 1 is 0.286 bits per heavy atom. The lowest BCUT2D eigenvalue weighted by atomic mass is 9.70. The molecule has 0 N–H and O–H groups in total. The van der Waals surface area contributed by atoms with E-state index in [0.29, 0.717) is 0 Å². The molecule has 0 amide bonds. The Balaban J connectivity index is 1.01. The van der Waals surface area contributed by atoms with Crippen molar-refractivity contribution in [2.24, 2.45) is 0 Å². The van der Waals surface area contributed by atoms with Gasteiger partial charge in [0, 0.05) is 50.5 Å². The molecule has 11 aromatic carbocycles. The molecule has 2 aliphatic carbocycles. The summed E-state index contributed by atoms with van der Waals surface area (Å²) in [6, 6.07) is 100. The fourth-order valence-corrected chi connectivity index (χ4v) is 11.9. The average molecular weight is 892 g/mol. The van der Waals surface area contributed by atoms with Gasteiger partial charge in [0.05, 0.1) is 22.1 Å². The smallest absolute Gasteiger partial charge is 0.0727 e. The first-order chi connectivity index (χ1) is 34.8. The minimum Gasteiger partial charge on any atom is -0.310 e. The van der Waals surface area contributed by atoms with Gasteiger partial charge in [0.25, 0.3) is 0 Å². The van der Waals surface area contributed by atoms with Crippen LogP contribution in [0.2, 0.25) is 0 Å². The van der Waals surface area contributed by atoms with E-state index in [1.54, 1.807) is 0 Å². The molecule has 0 bridgehead atoms. The van der Waals surface area contributed by atoms with Gasteiger partial charge in [-0.2, -0.15) is 0 Å². The SMILES string of the molecule is c1ccc(-c2cccc(N(c3ccccc3)c3ccc4c(c3)C3(c5ccccc5-4)c4ccccc4-c4c(N(c5ccccc5)c5ccc6c7ccccc7n(-c7ccccc7)c6c5)cccc43)c2)cc1. The first-order valence-electron chi connectivity index (χ1n) is 24.2. The van der Waals surface area contributed by atoms with Crippen molar-refractivity contribution in [2.75, 3.05) is 9.80 Å². The van der Waals surface area contributed by atoms with Crippen molar-refractivity contribution < 1.29 is 0 Å². The second-order valence-electron chi connectivity index (χ2n) is 18.4. The van der Waals surface area contributed by atoms with E-state index in [1.807, 2.05) is 0 Å². The number of aromatic nitrogens is 1. The Labute approximate surface area is 408 Å². The van der Waals surface area contributed by atoms with Crippen LogP contribution in [0.25, 0.3) is 60.9 Å². The van der Waals surface area contributed by atoms with Crippen molar-refractivity contribution >= 4 is 55.9 Å². The third-order valence-corrected chi connectivity index (χ3v) is 14.7. The van der Waals surface area contributed by atoms with Crippen molar-refractivity contribution in [3.8, 4) is 39.1 Å². The molecule has 12 aromatic rings. The van der Waals surface area contributed by atoms with E-state index < -0.39 is 5.41 Å². The lowest BCUT2D eigenvalue weighted by Crippen LogP contribution is -2.26. The zero-order valence-electron chi connectivity index (χ0n) is 38.3. The zero-order chi connectivity index (χ0) is 46.2. The molecule has 0 radical (unpaired) electrons. The minimum atomic E-state index is -0.593. The summed E-state index contributed by atoms with van der Waals surface area (Å²) in [6.07, 6.45) is 0. The predicted molar refractivity (Wildman–Crippen MR) is 292 cm³/mol. The van der Waals surface area contributed by atoms with Gasteiger partial charge in [-0.25, -0.2) is 0 Å². The fourth-order valence-electron chi connectivity index (χ4n) is 11.9. The van der Waals surface area contributed by atoms with Crippen molar-refractivity contribution in [3.05, 3.63) is 295 Å². The zero-order valence-corrected chi connectivity index (χ0v) is 38.3. The van der Waals surface area contributed by atoms with E-state index in [2.05, 4.69) is 287 Å². The van der Waals surface area contributed by atoms with E-state index in [-0.39, 0.29) is 0 Å². The molecule has 1 spiro atoms. The topological polar surface area (TPSA) is 11.4 Å². The number of anilines is 6. The first kappa shape index (κ1) is 39.9. The highest BCUT2D eigenvalue weighted by Gasteiger charge is 2.52. The summed E-state index contributed by atoms with van der Waals surface area (Å²) in [5.41, 5.74) is 22.1. The van der Waals surface area contributed by atoms with Gasteiger partial charge < -0.3 is 14.4 Å². The molecule has 1 atom stereocenters. The van der Waals surface area contributed by atoms with Gasteiger partial charge in [0.1, 0.15) is 0 Å². The first-order valence-corrected chi connectivity index (χ1v) is 24.2. The number of hydrogen-bond acceptors (Lipinski definition) is 2. The summed E-state index contributed by atoms with van der Waals surface area (Å²) in [6.45, 7) is 0. The highest BCUT2D eigenvalue weighted by molar-refractivity contribution is 6.11. The van der Waals surface area contributed by atoms with Crippen LogP contribution < -0.4 is 9.80 Å². The number of para-hydroxylation sites is 4. The second kappa shape index (κ2) is 16.0. The van der Waals surface area contributed by atoms with Crippen LogP contribution >= 0.6 is 0 Å². The van der Waals surface area contributed by atoms with Crippen LogP contribution in [0.5, 0.6) is 0 Å². The lowest BCUT2D eigenvalue weighted by molar-refractivity contribution is 0.793. The van der Waals surface area contributed by atoms with Gasteiger partial charge in [-0.3, -0.25) is 0 Å². The predicted octanol–water partition coefficient (Wildman–Crippen LogP) is 17.7. The Morgan fingerprint density at radius 3 is 1.57 bits per heavy atom. The molecule has 328 valence electrons. The molecule has 0 saturated carbocycles. The maximum Gasteiger partial charge on any atom is 0.0727 e. The normalized spacial score (nSPS) is 14.1. The van der Waals surface area contributed by atoms with E-state index >= 15 is 0 Å². The largest absolute Gasteiger partial charge is 0.310 e. The number of nitrogens with zero attached hydrogens (tertiary/aromatic N) is 3. The molecule has 0 fully saturated rings. The molecule has 0 saturated heterocycles. The molecular formula is C67H45N3. The molecule has 3 heteroatoms. The highest BCUT2D eigenvalue weighted by atomic mass is 15.2. The van der Waals surface area contributed by atoms with E-state index in [0.717, 1.165) is 39.8 Å². The van der Waals surface area contributed by atoms with Crippen LogP contribution in [0.4, 0.5) is 34.1 Å². The van der Waals surface area contributed by atoms with Crippen LogP contribution in [-0.2, 0) is 5.41 Å². The number of benzene rings is 11. The van der Waals surface area contributed by atoms with Crippen molar-refractivity contribution in [2.45, 2.75) is 5.41 Å². The van der Waals surface area contributed by atoms with E-state index in [1.165, 1.54) is 77.4 Å². The van der Waals surface area contributed by atoms with Crippen LogP contribution in [0.1, 0.15) is 22.3 Å². The molecule has 14 rings (SSSR count). The summed E-state index contributed by atoms with van der Waals surface area (Å²) in [7, 11) is 0. The van der Waals surface area contributed by atoms with Gasteiger partial charge in [0.15, 0.2) is 0 Å². The summed E-state index contributed by atoms with van der Waals surface area (Å²) < 4.78 is 2.41. The van der Waals surface area contributed by atoms with Crippen LogP contribution in [0, 0.1) is 0 Å². The van der Waals surface area contributed by atoms with Gasteiger partial charge in [-0.05, 0) is 135 Å². The molecule has 2 aliphatic rings. The Kier molecular flexibility index (Phi) is 9.11. The van der Waals surface area contributed by atoms with Crippen LogP contribution in [0.3, 0.4) is 0 Å². The van der Waals surface area contributed by atoms with Gasteiger partial charge >= 0.3 is 0 Å². The summed E-state index contributed by atoms with van der Waals surface area (Å²) in [4.78, 5) is 4.90. The molecule has 1 unspecified atom stereocenters. The van der Waals surface area contributed by atoms with Gasteiger partial charge in [-0.15, -0.1) is 0 Å². The van der Waals surface area contributed by atoms with Crippen molar-refractivity contribution in [1.82, 2.24) is 4.57 Å². The Bertz CT molecular complexity index is 3950. The number of hydrogen-bond donors (Lipinski definition) is 0. The highest BCUT2D eigenvalue weighted by Crippen LogP contribution is 2.65. The van der Waals surface area contributed by atoms with Crippen molar-refractivity contribution in [3.63, 3.8) is 0 Å². The van der Waals surface area contributed by atoms with Crippen molar-refractivity contribution in [1.29, 1.82) is 0 Å². The van der Waals surface area contributed by atoms with Gasteiger partial charge in [-0.1, -0.05) is 188 Å². The Hall–Kier alpha value is -9.18. The molecule has 1 aromatic heterocycles. The molecule has 3 nitrogen and oxygen atoms in total. The molecule has 70 heavy (non-hydrogen) atoms. The molecular weight excluding hydrogens is 847 g/mol. The number of rotatable bonds is 8. The standard InChI is InChI=1S/C67H45N3/c1-5-21-46(22-6-1)47-23-19-30-51(43-47)68(48-24-7-2-8-25-48)52-39-41-55-54-31-13-16-34-59(54)67(62(55)44-52)60-35-17-14-33-58(60)66-61(67)36-20-38-64(66)69(49-26-9-3-10-27-49)53-40-42-57-56-32-15-18-37-63(56)70(65(57)45-53)50-28-11-4-12-29-50/h1-45H. The Morgan fingerprint density at radius 2 is 0.800 bits per heavy atom. The van der Waals surface area contributed by atoms with Crippen LogP contribution in [-0.4, -0.2) is 4.57 Å². The lowest BCUT2D eigenvalue weighted by Gasteiger charge is -2.33. The summed E-state index contributed by atoms with van der Waals surface area (Å²) in [5.74, 6) is 0. The third-order valence-electron chi connectivity index (χ3n) is 14.7. The molecule has 1 heterocycles. The summed E-state index contributed by atoms with van der Waals surface area (Å²) in [5, 5.41) is 2.47. The minimum absolute atomic E-state index is 0.593.